The molecule has 1 aliphatic rings. The Labute approximate surface area is 188 Å². The number of thioether (sulfide) groups is 1. The van der Waals surface area contributed by atoms with Crippen LogP contribution in [-0.4, -0.2) is 51.2 Å². The molecule has 2 aromatic heterocycles. The van der Waals surface area contributed by atoms with Crippen molar-refractivity contribution in [3.8, 4) is 17.1 Å². The fraction of sp³-hybridized carbons (Fsp3) is 0.273. The van der Waals surface area contributed by atoms with Crippen molar-refractivity contribution < 1.29 is 13.7 Å². The summed E-state index contributed by atoms with van der Waals surface area (Å²) in [5.41, 5.74) is 2.72. The minimum absolute atomic E-state index is 0.320. The van der Waals surface area contributed by atoms with Crippen LogP contribution in [0.5, 0.6) is 0 Å². The predicted octanol–water partition coefficient (Wildman–Crippen LogP) is 3.89. The number of aromatic nitrogens is 5. The van der Waals surface area contributed by atoms with Crippen molar-refractivity contribution in [2.24, 2.45) is 0 Å². The van der Waals surface area contributed by atoms with E-state index in [1.54, 1.807) is 6.07 Å². The van der Waals surface area contributed by atoms with Gasteiger partial charge in [-0.3, -0.25) is 4.57 Å². The van der Waals surface area contributed by atoms with Crippen LogP contribution in [-0.2, 0) is 10.5 Å². The molecular weight excluding hydrogens is 431 g/mol. The summed E-state index contributed by atoms with van der Waals surface area (Å²) in [7, 11) is 0. The summed E-state index contributed by atoms with van der Waals surface area (Å²) in [5.74, 6) is 1.77. The second kappa shape index (κ2) is 9.09. The number of ether oxygens (including phenoxy) is 1. The van der Waals surface area contributed by atoms with Gasteiger partial charge in [-0.25, -0.2) is 4.39 Å². The molecule has 1 fully saturated rings. The summed E-state index contributed by atoms with van der Waals surface area (Å²) < 4.78 is 26.7. The van der Waals surface area contributed by atoms with Crippen LogP contribution in [0.2, 0.25) is 0 Å². The molecule has 0 unspecified atom stereocenters. The van der Waals surface area contributed by atoms with E-state index >= 15 is 0 Å². The van der Waals surface area contributed by atoms with Crippen LogP contribution < -0.4 is 4.90 Å². The third-order valence-electron chi connectivity index (χ3n) is 5.08. The molecule has 0 amide bonds. The lowest BCUT2D eigenvalue weighted by molar-refractivity contribution is 0.122. The van der Waals surface area contributed by atoms with Crippen LogP contribution >= 0.6 is 11.8 Å². The lowest BCUT2D eigenvalue weighted by Gasteiger charge is -2.27. The second-order valence-electron chi connectivity index (χ2n) is 7.36. The Hall–Kier alpha value is -3.24. The Balaban J connectivity index is 1.40. The zero-order chi connectivity index (χ0) is 21.9. The van der Waals surface area contributed by atoms with Crippen molar-refractivity contribution >= 4 is 17.7 Å². The first-order chi connectivity index (χ1) is 15.7. The topological polar surface area (TPSA) is 82.1 Å². The van der Waals surface area contributed by atoms with Gasteiger partial charge in [-0.1, -0.05) is 52.8 Å². The Morgan fingerprint density at radius 1 is 1.06 bits per heavy atom. The van der Waals surface area contributed by atoms with Gasteiger partial charge in [0.2, 0.25) is 17.7 Å². The molecule has 8 nitrogen and oxygen atoms in total. The van der Waals surface area contributed by atoms with Crippen molar-refractivity contribution in [1.29, 1.82) is 0 Å². The van der Waals surface area contributed by atoms with Gasteiger partial charge >= 0.3 is 0 Å². The lowest BCUT2D eigenvalue weighted by atomic mass is 10.1. The molecule has 0 saturated carbocycles. The highest BCUT2D eigenvalue weighted by Gasteiger charge is 2.22. The summed E-state index contributed by atoms with van der Waals surface area (Å²) in [6, 6.07) is 14.3. The predicted molar refractivity (Wildman–Crippen MR) is 118 cm³/mol. The van der Waals surface area contributed by atoms with Gasteiger partial charge in [0, 0.05) is 18.7 Å². The Morgan fingerprint density at radius 2 is 1.88 bits per heavy atom. The van der Waals surface area contributed by atoms with E-state index in [4.69, 9.17) is 9.26 Å². The molecule has 4 aromatic rings. The van der Waals surface area contributed by atoms with E-state index in [9.17, 15) is 4.39 Å². The summed E-state index contributed by atoms with van der Waals surface area (Å²) in [4.78, 5) is 6.59. The largest absolute Gasteiger partial charge is 0.378 e. The minimum Gasteiger partial charge on any atom is -0.378 e. The van der Waals surface area contributed by atoms with E-state index in [2.05, 4.69) is 25.2 Å². The van der Waals surface area contributed by atoms with Gasteiger partial charge in [-0.05, 0) is 25.1 Å². The molecule has 0 aliphatic carbocycles. The summed E-state index contributed by atoms with van der Waals surface area (Å²) in [5, 5.41) is 13.5. The van der Waals surface area contributed by atoms with Gasteiger partial charge in [-0.15, -0.1) is 10.2 Å². The standard InChI is InChI=1S/C22H21FN6O2S/c1-15-5-7-16(8-6-15)20-24-19(31-27-20)14-32-22-26-25-21(28-9-11-30-12-10-28)29(22)18-4-2-3-17(23)13-18/h2-8,13H,9-12,14H2,1H3. The first-order valence-electron chi connectivity index (χ1n) is 10.2. The van der Waals surface area contributed by atoms with Crippen LogP contribution in [0.3, 0.4) is 0 Å². The molecule has 0 N–H and O–H groups in total. The van der Waals surface area contributed by atoms with Gasteiger partial charge in [0.25, 0.3) is 0 Å². The summed E-state index contributed by atoms with van der Waals surface area (Å²) in [6.45, 7) is 4.65. The average Bonchev–Trinajstić information content (AvgIpc) is 3.46. The average molecular weight is 453 g/mol. The highest BCUT2D eigenvalue weighted by atomic mass is 32.2. The Morgan fingerprint density at radius 3 is 2.66 bits per heavy atom. The first-order valence-corrected chi connectivity index (χ1v) is 11.2. The number of aryl methyl sites for hydroxylation is 1. The van der Waals surface area contributed by atoms with Crippen molar-refractivity contribution in [2.75, 3.05) is 31.2 Å². The molecule has 5 rings (SSSR count). The van der Waals surface area contributed by atoms with E-state index in [0.29, 0.717) is 60.6 Å². The third-order valence-corrected chi connectivity index (χ3v) is 5.99. The molecule has 0 spiro atoms. The van der Waals surface area contributed by atoms with Gasteiger partial charge in [0.1, 0.15) is 5.82 Å². The molecule has 10 heteroatoms. The third kappa shape index (κ3) is 4.37. The highest BCUT2D eigenvalue weighted by molar-refractivity contribution is 7.98. The quantitative estimate of drug-likeness (QED) is 0.408. The van der Waals surface area contributed by atoms with Crippen LogP contribution in [0.4, 0.5) is 10.3 Å². The molecule has 1 aliphatic heterocycles. The van der Waals surface area contributed by atoms with Crippen molar-refractivity contribution in [3.05, 3.63) is 65.8 Å². The van der Waals surface area contributed by atoms with E-state index < -0.39 is 0 Å². The molecule has 0 radical (unpaired) electrons. The molecule has 2 aromatic carbocycles. The smallest absolute Gasteiger partial charge is 0.237 e. The van der Waals surface area contributed by atoms with Crippen LogP contribution in [0.15, 0.2) is 58.2 Å². The minimum atomic E-state index is -0.320. The van der Waals surface area contributed by atoms with E-state index in [1.807, 2.05) is 41.8 Å². The van der Waals surface area contributed by atoms with Crippen LogP contribution in [0.25, 0.3) is 17.1 Å². The highest BCUT2D eigenvalue weighted by Crippen LogP contribution is 2.29. The Bertz CT molecular complexity index is 1200. The van der Waals surface area contributed by atoms with Gasteiger partial charge in [-0.2, -0.15) is 4.98 Å². The van der Waals surface area contributed by atoms with Crippen LogP contribution in [0.1, 0.15) is 11.5 Å². The zero-order valence-corrected chi connectivity index (χ0v) is 18.3. The fourth-order valence-corrected chi connectivity index (χ4v) is 4.21. The van der Waals surface area contributed by atoms with Crippen LogP contribution in [0, 0.1) is 12.7 Å². The van der Waals surface area contributed by atoms with E-state index in [1.165, 1.54) is 29.5 Å². The monoisotopic (exact) mass is 452 g/mol. The SMILES string of the molecule is Cc1ccc(-c2noc(CSc3nnc(N4CCOCC4)n3-c3cccc(F)c3)n2)cc1. The number of benzene rings is 2. The summed E-state index contributed by atoms with van der Waals surface area (Å²) in [6.07, 6.45) is 0. The number of morpholine rings is 1. The molecule has 0 atom stereocenters. The van der Waals surface area contributed by atoms with Gasteiger partial charge in [0.05, 0.1) is 24.7 Å². The van der Waals surface area contributed by atoms with Crippen molar-refractivity contribution in [3.63, 3.8) is 0 Å². The Kier molecular flexibility index (Phi) is 5.87. The number of anilines is 1. The van der Waals surface area contributed by atoms with E-state index in [-0.39, 0.29) is 5.82 Å². The number of nitrogens with zero attached hydrogens (tertiary/aromatic N) is 6. The summed E-state index contributed by atoms with van der Waals surface area (Å²) >= 11 is 1.41. The van der Waals surface area contributed by atoms with Crippen molar-refractivity contribution in [1.82, 2.24) is 24.9 Å². The van der Waals surface area contributed by atoms with Gasteiger partial charge < -0.3 is 14.2 Å². The molecule has 3 heterocycles. The number of hydrogen-bond acceptors (Lipinski definition) is 8. The fourth-order valence-electron chi connectivity index (χ4n) is 3.42. The molecule has 1 saturated heterocycles. The lowest BCUT2D eigenvalue weighted by Crippen LogP contribution is -2.37. The second-order valence-corrected chi connectivity index (χ2v) is 8.31. The van der Waals surface area contributed by atoms with Gasteiger partial charge in [0.15, 0.2) is 5.16 Å². The normalized spacial score (nSPS) is 14.1. The maximum atomic E-state index is 14.0. The maximum Gasteiger partial charge on any atom is 0.237 e. The molecular formula is C22H21FN6O2S. The van der Waals surface area contributed by atoms with E-state index in [0.717, 1.165) is 5.56 Å². The zero-order valence-electron chi connectivity index (χ0n) is 17.4. The molecule has 32 heavy (non-hydrogen) atoms. The molecule has 0 bridgehead atoms. The number of rotatable bonds is 6. The maximum absolute atomic E-state index is 14.0. The number of halogens is 1. The first kappa shape index (κ1) is 20.7. The number of hydrogen-bond donors (Lipinski definition) is 0. The molecule has 164 valence electrons. The van der Waals surface area contributed by atoms with Crippen molar-refractivity contribution in [2.45, 2.75) is 17.8 Å².